The molecule has 0 saturated carbocycles. The lowest BCUT2D eigenvalue weighted by molar-refractivity contribution is -0.116. The molecule has 9 heteroatoms. The summed E-state index contributed by atoms with van der Waals surface area (Å²) in [4.78, 5) is 28.4. The van der Waals surface area contributed by atoms with E-state index in [1.165, 1.54) is 11.3 Å². The summed E-state index contributed by atoms with van der Waals surface area (Å²) in [6, 6.07) is 13.9. The normalized spacial score (nSPS) is 10.4. The van der Waals surface area contributed by atoms with Crippen molar-refractivity contribution in [1.82, 2.24) is 4.98 Å². The van der Waals surface area contributed by atoms with Crippen molar-refractivity contribution in [2.24, 2.45) is 0 Å². The Balaban J connectivity index is 1.47. The van der Waals surface area contributed by atoms with Crippen molar-refractivity contribution in [1.29, 1.82) is 0 Å². The van der Waals surface area contributed by atoms with E-state index in [-0.39, 0.29) is 5.91 Å². The van der Waals surface area contributed by atoms with Gasteiger partial charge in [-0.1, -0.05) is 39.7 Å². The number of nitrogens with zero attached hydrogens (tertiary/aromatic N) is 1. The average molecular weight is 480 g/mol. The largest absolute Gasteiger partial charge is 0.326 e. The van der Waals surface area contributed by atoms with Crippen LogP contribution in [0.25, 0.3) is 0 Å². The number of carbonyl (C=O) groups excluding carboxylic acids is 2. The zero-order valence-electron chi connectivity index (χ0n) is 14.5. The van der Waals surface area contributed by atoms with Gasteiger partial charge >= 0.3 is 6.03 Å². The number of thiazole rings is 1. The van der Waals surface area contributed by atoms with Gasteiger partial charge in [-0.15, -0.1) is 11.3 Å². The molecule has 6 nitrogen and oxygen atoms in total. The molecule has 3 amide bonds. The highest BCUT2D eigenvalue weighted by Gasteiger charge is 2.09. The first-order valence-corrected chi connectivity index (χ1v) is 10.4. The van der Waals surface area contributed by atoms with Crippen molar-refractivity contribution >= 4 is 67.3 Å². The predicted molar refractivity (Wildman–Crippen MR) is 117 cm³/mol. The smallest absolute Gasteiger partial charge is 0.325 e. The second kappa shape index (κ2) is 9.68. The monoisotopic (exact) mass is 478 g/mol. The second-order valence-electron chi connectivity index (χ2n) is 5.79. The molecule has 0 saturated heterocycles. The van der Waals surface area contributed by atoms with Gasteiger partial charge in [-0.25, -0.2) is 9.78 Å². The van der Waals surface area contributed by atoms with Crippen molar-refractivity contribution in [3.8, 4) is 0 Å². The average Bonchev–Trinajstić information content (AvgIpc) is 3.07. The maximum absolute atomic E-state index is 12.1. The maximum Gasteiger partial charge on any atom is 0.325 e. The quantitative estimate of drug-likeness (QED) is 0.419. The van der Waals surface area contributed by atoms with E-state index in [0.717, 1.165) is 15.9 Å². The standard InChI is InChI=1S/C19H16BrClN4O2S/c20-12-3-1-5-14(9-12)22-17(26)8-7-16-11-28-19(24-16)25-18(27)23-15-6-2-4-13(21)10-15/h1-6,9-11H,7-8H2,(H,22,26)(H2,23,24,25,27). The summed E-state index contributed by atoms with van der Waals surface area (Å²) >= 11 is 10.6. The molecule has 1 aromatic heterocycles. The molecular formula is C19H16BrClN4O2S. The number of anilines is 3. The van der Waals surface area contributed by atoms with Crippen LogP contribution in [0.4, 0.5) is 21.3 Å². The van der Waals surface area contributed by atoms with Crippen LogP contribution in [0.1, 0.15) is 12.1 Å². The lowest BCUT2D eigenvalue weighted by Crippen LogP contribution is -2.19. The number of amides is 3. The molecule has 0 radical (unpaired) electrons. The highest BCUT2D eigenvalue weighted by molar-refractivity contribution is 9.10. The summed E-state index contributed by atoms with van der Waals surface area (Å²) in [5.41, 5.74) is 2.07. The minimum Gasteiger partial charge on any atom is -0.326 e. The Labute approximate surface area is 179 Å². The molecule has 3 aromatic rings. The van der Waals surface area contributed by atoms with E-state index < -0.39 is 6.03 Å². The van der Waals surface area contributed by atoms with Crippen molar-refractivity contribution in [3.05, 3.63) is 69.1 Å². The topological polar surface area (TPSA) is 83.1 Å². The Kier molecular flexibility index (Phi) is 7.02. The number of rotatable bonds is 6. The van der Waals surface area contributed by atoms with Crippen molar-refractivity contribution in [3.63, 3.8) is 0 Å². The van der Waals surface area contributed by atoms with E-state index in [2.05, 4.69) is 36.9 Å². The van der Waals surface area contributed by atoms with Crippen molar-refractivity contribution in [2.45, 2.75) is 12.8 Å². The van der Waals surface area contributed by atoms with Crippen LogP contribution in [0.5, 0.6) is 0 Å². The van der Waals surface area contributed by atoms with E-state index in [1.54, 1.807) is 24.3 Å². The number of benzene rings is 2. The van der Waals surface area contributed by atoms with Crippen LogP contribution in [0.3, 0.4) is 0 Å². The number of nitrogens with one attached hydrogen (secondary N) is 3. The van der Waals surface area contributed by atoms with E-state index in [1.807, 2.05) is 29.6 Å². The number of aromatic nitrogens is 1. The first-order valence-electron chi connectivity index (χ1n) is 8.31. The molecule has 0 fully saturated rings. The third-order valence-electron chi connectivity index (χ3n) is 3.57. The summed E-state index contributed by atoms with van der Waals surface area (Å²) in [7, 11) is 0. The van der Waals surface area contributed by atoms with E-state index in [0.29, 0.717) is 28.7 Å². The maximum atomic E-state index is 12.1. The van der Waals surface area contributed by atoms with Gasteiger partial charge in [0.1, 0.15) is 0 Å². The highest BCUT2D eigenvalue weighted by Crippen LogP contribution is 2.19. The Hall–Kier alpha value is -2.42. The molecule has 0 aliphatic carbocycles. The van der Waals surface area contributed by atoms with Crippen molar-refractivity contribution < 1.29 is 9.59 Å². The van der Waals surface area contributed by atoms with Gasteiger partial charge in [0.15, 0.2) is 5.13 Å². The summed E-state index contributed by atoms with van der Waals surface area (Å²) in [5.74, 6) is -0.0979. The molecule has 3 rings (SSSR count). The summed E-state index contributed by atoms with van der Waals surface area (Å²) in [6.07, 6.45) is 0.776. The van der Waals surface area contributed by atoms with E-state index >= 15 is 0 Å². The van der Waals surface area contributed by atoms with Gasteiger partial charge in [-0.3, -0.25) is 10.1 Å². The van der Waals surface area contributed by atoms with Crippen LogP contribution in [0.15, 0.2) is 58.4 Å². The van der Waals surface area contributed by atoms with Crippen LogP contribution in [-0.4, -0.2) is 16.9 Å². The molecule has 2 aromatic carbocycles. The fourth-order valence-electron chi connectivity index (χ4n) is 2.34. The number of carbonyl (C=O) groups is 2. The van der Waals surface area contributed by atoms with Gasteiger partial charge < -0.3 is 10.6 Å². The molecule has 0 aliphatic heterocycles. The number of urea groups is 1. The summed E-state index contributed by atoms with van der Waals surface area (Å²) in [5, 5.41) is 11.0. The molecule has 28 heavy (non-hydrogen) atoms. The fraction of sp³-hybridized carbons (Fsp3) is 0.105. The van der Waals surface area contributed by atoms with Crippen LogP contribution < -0.4 is 16.0 Å². The number of halogens is 2. The lowest BCUT2D eigenvalue weighted by atomic mass is 10.2. The molecule has 0 unspecified atom stereocenters. The van der Waals surface area contributed by atoms with Crippen LogP contribution in [-0.2, 0) is 11.2 Å². The van der Waals surface area contributed by atoms with Crippen LogP contribution in [0, 0.1) is 0 Å². The van der Waals surface area contributed by atoms with Crippen molar-refractivity contribution in [2.75, 3.05) is 16.0 Å². The molecule has 3 N–H and O–H groups in total. The minimum absolute atomic E-state index is 0.0979. The van der Waals surface area contributed by atoms with Crippen LogP contribution >= 0.6 is 38.9 Å². The number of hydrogen-bond acceptors (Lipinski definition) is 4. The Morgan fingerprint density at radius 1 is 1.04 bits per heavy atom. The van der Waals surface area contributed by atoms with Crippen LogP contribution in [0.2, 0.25) is 5.02 Å². The first kappa shape index (κ1) is 20.3. The lowest BCUT2D eigenvalue weighted by Gasteiger charge is -2.05. The first-order chi connectivity index (χ1) is 13.5. The minimum atomic E-state index is -0.407. The van der Waals surface area contributed by atoms with Gasteiger partial charge in [0.2, 0.25) is 5.91 Å². The summed E-state index contributed by atoms with van der Waals surface area (Å²) in [6.45, 7) is 0. The SMILES string of the molecule is O=C(CCc1csc(NC(=O)Nc2cccc(Cl)c2)n1)Nc1cccc(Br)c1. The van der Waals surface area contributed by atoms with E-state index in [4.69, 9.17) is 11.6 Å². The second-order valence-corrected chi connectivity index (χ2v) is 8.00. The third-order valence-corrected chi connectivity index (χ3v) is 5.11. The molecule has 1 heterocycles. The Bertz CT molecular complexity index is 995. The number of aryl methyl sites for hydroxylation is 1. The van der Waals surface area contributed by atoms with Gasteiger partial charge in [0, 0.05) is 32.7 Å². The predicted octanol–water partition coefficient (Wildman–Crippen LogP) is 5.77. The molecule has 0 aliphatic rings. The van der Waals surface area contributed by atoms with E-state index in [9.17, 15) is 9.59 Å². The molecule has 144 valence electrons. The van der Waals surface area contributed by atoms with Gasteiger partial charge in [0.05, 0.1) is 5.69 Å². The Morgan fingerprint density at radius 2 is 1.79 bits per heavy atom. The Morgan fingerprint density at radius 3 is 2.54 bits per heavy atom. The van der Waals surface area contributed by atoms with Gasteiger partial charge in [0.25, 0.3) is 0 Å². The highest BCUT2D eigenvalue weighted by atomic mass is 79.9. The molecule has 0 atom stereocenters. The molecule has 0 spiro atoms. The zero-order chi connectivity index (χ0) is 19.9. The molecular weight excluding hydrogens is 464 g/mol. The third kappa shape index (κ3) is 6.33. The van der Waals surface area contributed by atoms with Gasteiger partial charge in [-0.2, -0.15) is 0 Å². The fourth-order valence-corrected chi connectivity index (χ4v) is 3.67. The zero-order valence-corrected chi connectivity index (χ0v) is 17.7. The number of hydrogen-bond donors (Lipinski definition) is 3. The van der Waals surface area contributed by atoms with Gasteiger partial charge in [-0.05, 0) is 42.8 Å². The molecule has 0 bridgehead atoms. The summed E-state index contributed by atoms with van der Waals surface area (Å²) < 4.78 is 0.900.